The Morgan fingerprint density at radius 1 is 1.16 bits per heavy atom. The van der Waals surface area contributed by atoms with Crippen molar-refractivity contribution >= 4 is 0 Å². The van der Waals surface area contributed by atoms with Gasteiger partial charge in [0.1, 0.15) is 6.61 Å². The van der Waals surface area contributed by atoms with Crippen LogP contribution in [-0.4, -0.2) is 30.5 Å². The number of hydrogen-bond acceptors (Lipinski definition) is 4. The van der Waals surface area contributed by atoms with E-state index in [2.05, 4.69) is 12.2 Å². The normalized spacial score (nSPS) is 11.4. The van der Waals surface area contributed by atoms with Gasteiger partial charge in [0.2, 0.25) is 0 Å². The van der Waals surface area contributed by atoms with E-state index < -0.39 is 5.60 Å². The van der Waals surface area contributed by atoms with Crippen LogP contribution in [0, 0.1) is 0 Å². The van der Waals surface area contributed by atoms with Crippen molar-refractivity contribution in [2.45, 2.75) is 39.8 Å². The SMILES string of the molecule is CCNCc1ccc(OCC(C)(C)O)c(OCC)c1. The molecule has 1 aromatic carbocycles. The maximum atomic E-state index is 9.69. The third kappa shape index (κ3) is 5.94. The van der Waals surface area contributed by atoms with Crippen molar-refractivity contribution in [3.8, 4) is 11.5 Å². The zero-order valence-corrected chi connectivity index (χ0v) is 12.3. The lowest BCUT2D eigenvalue weighted by molar-refractivity contribution is 0.0274. The Kier molecular flexibility index (Phi) is 6.12. The molecule has 1 aromatic rings. The Bertz CT molecular complexity index is 385. The molecule has 0 atom stereocenters. The van der Waals surface area contributed by atoms with Crippen LogP contribution in [0.4, 0.5) is 0 Å². The minimum Gasteiger partial charge on any atom is -0.490 e. The third-order valence-corrected chi connectivity index (χ3v) is 2.47. The zero-order chi connectivity index (χ0) is 14.3. The average molecular weight is 267 g/mol. The minimum absolute atomic E-state index is 0.236. The lowest BCUT2D eigenvalue weighted by Gasteiger charge is -2.19. The second-order valence-corrected chi connectivity index (χ2v) is 5.10. The number of rotatable bonds is 8. The van der Waals surface area contributed by atoms with Crippen molar-refractivity contribution < 1.29 is 14.6 Å². The topological polar surface area (TPSA) is 50.7 Å². The molecule has 1 rings (SSSR count). The summed E-state index contributed by atoms with van der Waals surface area (Å²) in [4.78, 5) is 0. The van der Waals surface area contributed by atoms with Crippen LogP contribution in [0.3, 0.4) is 0 Å². The van der Waals surface area contributed by atoms with Gasteiger partial charge >= 0.3 is 0 Å². The van der Waals surface area contributed by atoms with E-state index in [0.29, 0.717) is 12.4 Å². The molecular formula is C15H25NO3. The van der Waals surface area contributed by atoms with Crippen LogP contribution in [0.25, 0.3) is 0 Å². The van der Waals surface area contributed by atoms with E-state index in [4.69, 9.17) is 9.47 Å². The maximum absolute atomic E-state index is 9.69. The molecule has 0 bridgehead atoms. The van der Waals surface area contributed by atoms with Gasteiger partial charge in [-0.1, -0.05) is 13.0 Å². The predicted molar refractivity (Wildman–Crippen MR) is 76.8 cm³/mol. The summed E-state index contributed by atoms with van der Waals surface area (Å²) in [6, 6.07) is 5.88. The summed E-state index contributed by atoms with van der Waals surface area (Å²) in [6.07, 6.45) is 0. The Balaban J connectivity index is 2.78. The Labute approximate surface area is 115 Å². The molecule has 0 unspecified atom stereocenters. The first-order chi connectivity index (χ1) is 8.96. The number of benzene rings is 1. The average Bonchev–Trinajstić information content (AvgIpc) is 2.34. The molecule has 0 aliphatic heterocycles. The van der Waals surface area contributed by atoms with Crippen LogP contribution < -0.4 is 14.8 Å². The monoisotopic (exact) mass is 267 g/mol. The molecule has 4 nitrogen and oxygen atoms in total. The van der Waals surface area contributed by atoms with E-state index >= 15 is 0 Å². The minimum atomic E-state index is -0.855. The van der Waals surface area contributed by atoms with Gasteiger partial charge in [-0.2, -0.15) is 0 Å². The van der Waals surface area contributed by atoms with Crippen LogP contribution in [0.1, 0.15) is 33.3 Å². The summed E-state index contributed by atoms with van der Waals surface area (Å²) in [6.45, 7) is 10.0. The van der Waals surface area contributed by atoms with Crippen LogP contribution in [0.2, 0.25) is 0 Å². The highest BCUT2D eigenvalue weighted by Gasteiger charge is 2.15. The molecule has 0 saturated heterocycles. The highest BCUT2D eigenvalue weighted by Crippen LogP contribution is 2.29. The summed E-state index contributed by atoms with van der Waals surface area (Å²) in [5, 5.41) is 13.0. The molecule has 0 spiro atoms. The highest BCUT2D eigenvalue weighted by atomic mass is 16.5. The van der Waals surface area contributed by atoms with E-state index in [1.807, 2.05) is 25.1 Å². The van der Waals surface area contributed by atoms with Crippen LogP contribution in [-0.2, 0) is 6.54 Å². The third-order valence-electron chi connectivity index (χ3n) is 2.47. The van der Waals surface area contributed by atoms with Gasteiger partial charge in [-0.3, -0.25) is 0 Å². The van der Waals surface area contributed by atoms with Gasteiger partial charge in [-0.15, -0.1) is 0 Å². The van der Waals surface area contributed by atoms with Crippen molar-refractivity contribution in [1.82, 2.24) is 5.32 Å². The van der Waals surface area contributed by atoms with Gasteiger partial charge in [-0.25, -0.2) is 0 Å². The van der Waals surface area contributed by atoms with E-state index in [1.165, 1.54) is 0 Å². The zero-order valence-electron chi connectivity index (χ0n) is 12.3. The van der Waals surface area contributed by atoms with Gasteiger partial charge in [-0.05, 0) is 45.0 Å². The van der Waals surface area contributed by atoms with Crippen molar-refractivity contribution in [2.24, 2.45) is 0 Å². The number of hydrogen-bond donors (Lipinski definition) is 2. The second kappa shape index (κ2) is 7.36. The Hall–Kier alpha value is -1.26. The van der Waals surface area contributed by atoms with E-state index in [9.17, 15) is 5.11 Å². The number of ether oxygens (including phenoxy) is 2. The first-order valence-corrected chi connectivity index (χ1v) is 6.78. The van der Waals surface area contributed by atoms with Crippen molar-refractivity contribution in [3.05, 3.63) is 23.8 Å². The molecule has 108 valence electrons. The summed E-state index contributed by atoms with van der Waals surface area (Å²) >= 11 is 0. The fourth-order valence-corrected chi connectivity index (χ4v) is 1.57. The summed E-state index contributed by atoms with van der Waals surface area (Å²) in [5.74, 6) is 1.39. The smallest absolute Gasteiger partial charge is 0.161 e. The second-order valence-electron chi connectivity index (χ2n) is 5.10. The quantitative estimate of drug-likeness (QED) is 0.759. The fraction of sp³-hybridized carbons (Fsp3) is 0.600. The number of nitrogens with one attached hydrogen (secondary N) is 1. The van der Waals surface area contributed by atoms with Crippen molar-refractivity contribution in [3.63, 3.8) is 0 Å². The van der Waals surface area contributed by atoms with Crippen molar-refractivity contribution in [1.29, 1.82) is 0 Å². The van der Waals surface area contributed by atoms with Gasteiger partial charge in [0.25, 0.3) is 0 Å². The standard InChI is InChI=1S/C15H25NO3/c1-5-16-10-12-7-8-13(14(9-12)18-6-2)19-11-15(3,4)17/h7-9,16-17H,5-6,10-11H2,1-4H3. The summed E-state index contributed by atoms with van der Waals surface area (Å²) < 4.78 is 11.2. The predicted octanol–water partition coefficient (Wildman–Crippen LogP) is 2.34. The van der Waals surface area contributed by atoms with E-state index in [-0.39, 0.29) is 6.61 Å². The molecule has 0 saturated carbocycles. The van der Waals surface area contributed by atoms with Crippen LogP contribution >= 0.6 is 0 Å². The molecule has 0 aliphatic rings. The lowest BCUT2D eigenvalue weighted by atomic mass is 10.1. The molecule has 0 fully saturated rings. The molecule has 19 heavy (non-hydrogen) atoms. The molecule has 0 heterocycles. The molecule has 2 N–H and O–H groups in total. The van der Waals surface area contributed by atoms with Gasteiger partial charge in [0.15, 0.2) is 11.5 Å². The van der Waals surface area contributed by atoms with Crippen molar-refractivity contribution in [2.75, 3.05) is 19.8 Å². The molecule has 0 aliphatic carbocycles. The van der Waals surface area contributed by atoms with E-state index in [1.54, 1.807) is 13.8 Å². The highest BCUT2D eigenvalue weighted by molar-refractivity contribution is 5.43. The van der Waals surface area contributed by atoms with Gasteiger partial charge in [0.05, 0.1) is 12.2 Å². The molecule has 4 heteroatoms. The molecule has 0 amide bonds. The largest absolute Gasteiger partial charge is 0.490 e. The fourth-order valence-electron chi connectivity index (χ4n) is 1.57. The van der Waals surface area contributed by atoms with Crippen LogP contribution in [0.5, 0.6) is 11.5 Å². The molecule has 0 radical (unpaired) electrons. The van der Waals surface area contributed by atoms with Gasteiger partial charge in [0, 0.05) is 6.54 Å². The van der Waals surface area contributed by atoms with Gasteiger partial charge < -0.3 is 19.9 Å². The lowest BCUT2D eigenvalue weighted by Crippen LogP contribution is -2.28. The molecular weight excluding hydrogens is 242 g/mol. The van der Waals surface area contributed by atoms with E-state index in [0.717, 1.165) is 24.4 Å². The Morgan fingerprint density at radius 2 is 1.89 bits per heavy atom. The summed E-state index contributed by atoms with van der Waals surface area (Å²) in [7, 11) is 0. The summed E-state index contributed by atoms with van der Waals surface area (Å²) in [5.41, 5.74) is 0.298. The first-order valence-electron chi connectivity index (χ1n) is 6.78. The Morgan fingerprint density at radius 3 is 2.47 bits per heavy atom. The maximum Gasteiger partial charge on any atom is 0.161 e. The number of aliphatic hydroxyl groups is 1. The first kappa shape index (κ1) is 15.8. The molecule has 0 aromatic heterocycles. The van der Waals surface area contributed by atoms with Crippen LogP contribution in [0.15, 0.2) is 18.2 Å².